The van der Waals surface area contributed by atoms with Crippen LogP contribution in [0.25, 0.3) is 11.1 Å². The maximum absolute atomic E-state index is 16.4. The summed E-state index contributed by atoms with van der Waals surface area (Å²) < 4.78 is 60.3. The molecule has 45 heteroatoms. The number of nitrogens with two attached hydrogens (primary N) is 1. The molecule has 0 aliphatic carbocycles. The van der Waals surface area contributed by atoms with E-state index in [9.17, 15) is 74.3 Å². The summed E-state index contributed by atoms with van der Waals surface area (Å²) in [7, 11) is 1.47. The molecule has 8 aliphatic rings. The number of nitrogens with zero attached hydrogens (tertiary/aromatic N) is 3. The number of benzene rings is 6. The van der Waals surface area contributed by atoms with Gasteiger partial charge in [-0.25, -0.2) is 14.7 Å². The van der Waals surface area contributed by atoms with Crippen LogP contribution in [-0.4, -0.2) is 252 Å². The zero-order valence-electron chi connectivity index (χ0n) is 70.8. The minimum Gasteiger partial charge on any atom is -0.508 e. The van der Waals surface area contributed by atoms with E-state index in [1.807, 2.05) is 18.7 Å². The van der Waals surface area contributed by atoms with E-state index in [-0.39, 0.29) is 84.7 Å². The summed E-state index contributed by atoms with van der Waals surface area (Å²) in [5.41, 5.74) is 3.46. The first kappa shape index (κ1) is 97.0. The molecule has 11 bridgehead atoms. The van der Waals surface area contributed by atoms with Crippen molar-refractivity contribution in [2.75, 3.05) is 65.0 Å². The van der Waals surface area contributed by atoms with E-state index >= 15 is 24.0 Å². The lowest BCUT2D eigenvalue weighted by Gasteiger charge is -2.48. The zero-order valence-corrected chi connectivity index (χ0v) is 73.0. The number of anilines is 1. The molecule has 0 saturated carbocycles. The van der Waals surface area contributed by atoms with Gasteiger partial charge in [-0.2, -0.15) is 4.98 Å². The number of halogens is 4. The summed E-state index contributed by atoms with van der Waals surface area (Å²) in [6.45, 7) is 7.52. The van der Waals surface area contributed by atoms with Crippen LogP contribution in [0.1, 0.15) is 111 Å². The largest absolute Gasteiger partial charge is 0.508 e. The number of amides is 9. The summed E-state index contributed by atoms with van der Waals surface area (Å²) in [5, 5.41) is 130. The van der Waals surface area contributed by atoms with Gasteiger partial charge in [0.2, 0.25) is 59.3 Å². The molecule has 3 saturated heterocycles. The topological polar surface area (TPSA) is 594 Å². The van der Waals surface area contributed by atoms with Gasteiger partial charge in [0, 0.05) is 68.1 Å². The Morgan fingerprint density at radius 1 is 0.718 bits per heavy atom. The molecule has 18 atom stereocenters. The summed E-state index contributed by atoms with van der Waals surface area (Å²) in [6, 6.07) is 4.69. The van der Waals surface area contributed by atoms with Crippen LogP contribution in [0, 0.1) is 11.7 Å². The molecule has 9 heterocycles. The standard InChI is InChI=1S/C86H98Cl3FN14O27/c1-37(2)24-51(92-5)77(116)100-68-70(111)41-8-12-55(48(88)28-41)127-57-30-43-31-58(74(57)131-84-75(73(114)72(113)59(36-105)129-84)130-63-35-86(4,76(115)38(3)126-63)93-15-17-104-16-14-61(96-85(104)123)95-62(110)26-39-6-10-47(87)50(90)25-39)128-56-13-9-42(29-49(56)89)71(112)69-82(121)99-67(83(122)102-125-23-20-103-18-21-124-22-19-103)46-32-44(106)33-54(108)64(46)45-27-40(7-11-53(45)107)65(79(118)101-69)98-80(119)66(43)97-78(117)52(34-60(91)109)94-81(68)120/h6-14,16,25,27-33,37-38,51-52,59,63,65-73,75-76,84,92-93,105-108,111-115H,15,17-24,26,34-36H2,1-5H3,(H2,91,109)(H,94,120)(H,97,117)(H,98,119)(H,99,121)(H,100,116)(H,101,118)(H,102,122)(H,95,96,110,123)/t38?,51?,52?,59?,63?,65?,66?,67-,68?,69?,70?,71?,72?,73?,75?,76?,84?,86-/m1/s1. The SMILES string of the molecule is CNC(CC(C)C)C(=O)NC1C(=O)NC(CC(N)=O)C(=O)NC2C(=O)NC3C(=O)NC(C(=O)N[C@@H](C(=O)NOCCN4CCOCC4)c4cc(O)cc(O)c4-c4cc3ccc4O)C(O)c3ccc(c(Cl)c3)Oc3cc2cc(c3OC2OC(CO)C(O)C(O)C2OC2C[C@@](C)(NCCn3ccc(NC(=O)Cc4ccc(Cl)c(F)c4)nc3=O)C(O)C(C)O2)Oc2ccc(cc2Cl)C1O. The Labute approximate surface area is 760 Å². The van der Waals surface area contributed by atoms with Gasteiger partial charge < -0.3 is 133 Å². The number of ether oxygens (including phenoxy) is 7. The molecule has 3 fully saturated rings. The molecule has 6 aromatic carbocycles. The number of fused-ring (bicyclic) bond motifs is 15. The second-order valence-electron chi connectivity index (χ2n) is 32.7. The van der Waals surface area contributed by atoms with E-state index < -0.39 is 259 Å². The van der Waals surface area contributed by atoms with Crippen molar-refractivity contribution in [2.24, 2.45) is 11.7 Å². The number of nitrogens with one attached hydrogen (secondary N) is 10. The van der Waals surface area contributed by atoms with Crippen molar-refractivity contribution in [2.45, 2.75) is 169 Å². The number of aliphatic hydroxyl groups is 6. The third-order valence-corrected chi connectivity index (χ3v) is 23.8. The van der Waals surface area contributed by atoms with E-state index in [4.69, 9.17) is 78.5 Å². The van der Waals surface area contributed by atoms with Crippen molar-refractivity contribution >= 4 is 93.8 Å². The number of phenols is 3. The highest BCUT2D eigenvalue weighted by atomic mass is 35.5. The van der Waals surface area contributed by atoms with Gasteiger partial charge in [0.15, 0.2) is 23.9 Å². The van der Waals surface area contributed by atoms with E-state index in [1.54, 1.807) is 6.92 Å². The number of hydrogen-bond acceptors (Lipinski definition) is 31. The molecule has 7 aromatic rings. The molecular weight excluding hydrogens is 1790 g/mol. The Bertz CT molecular complexity index is 5550. The average Bonchev–Trinajstić information content (AvgIpc) is 0.763. The lowest BCUT2D eigenvalue weighted by molar-refractivity contribution is -0.334. The predicted octanol–water partition coefficient (Wildman–Crippen LogP) is 1.26. The van der Waals surface area contributed by atoms with Crippen LogP contribution >= 0.6 is 34.8 Å². The molecule has 9 amide bonds. The van der Waals surface area contributed by atoms with Crippen LogP contribution in [0.2, 0.25) is 15.1 Å². The molecule has 0 radical (unpaired) electrons. The molecule has 16 unspecified atom stereocenters. The number of hydroxylamine groups is 1. The number of likely N-dealkylation sites (N-methyl/N-ethyl adjacent to an activating group) is 1. The molecule has 1 aromatic heterocycles. The predicted molar refractivity (Wildman–Crippen MR) is 459 cm³/mol. The highest BCUT2D eigenvalue weighted by Crippen LogP contribution is 2.50. The lowest BCUT2D eigenvalue weighted by Crippen LogP contribution is -2.65. The molecule has 8 aliphatic heterocycles. The minimum absolute atomic E-state index is 0.0647. The van der Waals surface area contributed by atoms with Crippen LogP contribution in [0.5, 0.6) is 46.0 Å². The normalized spacial score (nSPS) is 26.2. The van der Waals surface area contributed by atoms with E-state index in [0.29, 0.717) is 31.9 Å². The molecule has 131 heavy (non-hydrogen) atoms. The van der Waals surface area contributed by atoms with E-state index in [1.165, 1.54) is 55.1 Å². The van der Waals surface area contributed by atoms with Gasteiger partial charge in [0.1, 0.15) is 107 Å². The number of hydrogen-bond donors (Lipinski definition) is 20. The Kier molecular flexibility index (Phi) is 31.0. The van der Waals surface area contributed by atoms with Crippen molar-refractivity contribution in [1.82, 2.24) is 62.5 Å². The van der Waals surface area contributed by atoms with Gasteiger partial charge in [-0.3, -0.25) is 57.5 Å². The fourth-order valence-corrected chi connectivity index (χ4v) is 16.6. The van der Waals surface area contributed by atoms with Gasteiger partial charge in [0.25, 0.3) is 5.91 Å². The summed E-state index contributed by atoms with van der Waals surface area (Å²) >= 11 is 20.2. The number of rotatable bonds is 24. The average molecular weight is 1890 g/mol. The van der Waals surface area contributed by atoms with E-state index in [0.717, 1.165) is 72.8 Å². The van der Waals surface area contributed by atoms with Crippen molar-refractivity contribution in [3.05, 3.63) is 174 Å². The Morgan fingerprint density at radius 2 is 1.38 bits per heavy atom. The maximum Gasteiger partial charge on any atom is 0.349 e. The van der Waals surface area contributed by atoms with Crippen molar-refractivity contribution in [1.29, 1.82) is 0 Å². The second-order valence-corrected chi connectivity index (χ2v) is 34.0. The van der Waals surface area contributed by atoms with Crippen LogP contribution in [0.4, 0.5) is 10.2 Å². The number of carbonyl (C=O) groups is 9. The van der Waals surface area contributed by atoms with Crippen molar-refractivity contribution < 1.29 is 131 Å². The number of morpholine rings is 1. The van der Waals surface area contributed by atoms with Crippen LogP contribution in [-0.2, 0) is 79.9 Å². The highest BCUT2D eigenvalue weighted by molar-refractivity contribution is 6.32. The molecule has 21 N–H and O–H groups in total. The first-order valence-electron chi connectivity index (χ1n) is 41.6. The lowest BCUT2D eigenvalue weighted by atomic mass is 9.85. The molecule has 41 nitrogen and oxygen atoms in total. The number of phenolic OH excluding ortho intramolecular Hbond substituents is 3. The Morgan fingerprint density at radius 3 is 2.03 bits per heavy atom. The Hall–Kier alpha value is -11.5. The number of primary amides is 1. The fourth-order valence-electron chi connectivity index (χ4n) is 16.0. The van der Waals surface area contributed by atoms with Gasteiger partial charge >= 0.3 is 5.69 Å². The minimum atomic E-state index is -2.40. The smallest absolute Gasteiger partial charge is 0.349 e. The number of aromatic hydroxyl groups is 3. The van der Waals surface area contributed by atoms with Crippen LogP contribution < -0.4 is 79.0 Å². The first-order chi connectivity index (χ1) is 62.3. The molecular formula is C86H98Cl3FN14O27. The van der Waals surface area contributed by atoms with Crippen LogP contribution in [0.3, 0.4) is 0 Å². The zero-order chi connectivity index (χ0) is 94.3. The second kappa shape index (κ2) is 41.9. The third kappa shape index (κ3) is 22.6. The quantitative estimate of drug-likeness (QED) is 0.0299. The highest BCUT2D eigenvalue weighted by Gasteiger charge is 2.52. The van der Waals surface area contributed by atoms with Crippen molar-refractivity contribution in [3.63, 3.8) is 0 Å². The molecule has 15 rings (SSSR count). The van der Waals surface area contributed by atoms with Crippen molar-refractivity contribution in [3.8, 4) is 57.1 Å². The number of aliphatic hydroxyl groups excluding tert-OH is 6. The Balaban J connectivity index is 0.933. The summed E-state index contributed by atoms with van der Waals surface area (Å²) in [4.78, 5) is 159. The molecule has 0 spiro atoms. The monoisotopic (exact) mass is 1880 g/mol. The summed E-state index contributed by atoms with van der Waals surface area (Å²) in [5.74, 6) is -17.0. The number of carbonyl (C=O) groups excluding carboxylic acids is 9. The van der Waals surface area contributed by atoms with Gasteiger partial charge in [-0.05, 0) is 139 Å². The van der Waals surface area contributed by atoms with E-state index in [2.05, 4.69) is 58.3 Å². The van der Waals surface area contributed by atoms with Gasteiger partial charge in [0.05, 0.1) is 72.6 Å². The number of aromatic nitrogens is 2. The van der Waals surface area contributed by atoms with Crippen LogP contribution in [0.15, 0.2) is 114 Å². The van der Waals surface area contributed by atoms with Gasteiger partial charge in [-0.1, -0.05) is 72.9 Å². The third-order valence-electron chi connectivity index (χ3n) is 22.9. The summed E-state index contributed by atoms with van der Waals surface area (Å²) in [6.07, 6.45) is -18.6. The fraction of sp³-hybridized carbons (Fsp3) is 0.430. The molecule has 702 valence electrons. The first-order valence-corrected chi connectivity index (χ1v) is 42.7. The maximum atomic E-state index is 16.4. The van der Waals surface area contributed by atoms with Gasteiger partial charge in [-0.15, -0.1) is 0 Å².